The molecule has 2 aliphatic heterocycles. The van der Waals surface area contributed by atoms with Crippen LogP contribution in [0.3, 0.4) is 0 Å². The van der Waals surface area contributed by atoms with Crippen LogP contribution in [0.2, 0.25) is 0 Å². The van der Waals surface area contributed by atoms with Crippen molar-refractivity contribution in [1.82, 2.24) is 10.9 Å². The number of nitrogens with one attached hydrogen (secondary N) is 2. The highest BCUT2D eigenvalue weighted by Crippen LogP contribution is 2.30. The minimum atomic E-state index is -0.956. The summed E-state index contributed by atoms with van der Waals surface area (Å²) in [6.45, 7) is 0.654. The van der Waals surface area contributed by atoms with Gasteiger partial charge in [0, 0.05) is 30.9 Å². The van der Waals surface area contributed by atoms with Crippen LogP contribution < -0.4 is 16.6 Å². The number of nitrogens with two attached hydrogens (primary N) is 1. The predicted octanol–water partition coefficient (Wildman–Crippen LogP) is 0.345. The van der Waals surface area contributed by atoms with Crippen LogP contribution in [0.1, 0.15) is 32.1 Å². The van der Waals surface area contributed by atoms with Gasteiger partial charge in [-0.25, -0.2) is 5.43 Å². The Morgan fingerprint density at radius 2 is 2.00 bits per heavy atom. The van der Waals surface area contributed by atoms with Crippen LogP contribution in [0, 0.1) is 5.92 Å². The Balaban J connectivity index is 2.14. The summed E-state index contributed by atoms with van der Waals surface area (Å²) in [5, 5.41) is 9.35. The maximum Gasteiger partial charge on any atom is 0.307 e. The van der Waals surface area contributed by atoms with Crippen molar-refractivity contribution in [2.75, 3.05) is 18.1 Å². The summed E-state index contributed by atoms with van der Waals surface area (Å²) in [5.74, 6) is -0.961. The van der Waals surface area contributed by atoms with Crippen LogP contribution in [0.5, 0.6) is 0 Å². The first-order valence-corrected chi connectivity index (χ1v) is 10.2. The smallest absolute Gasteiger partial charge is 0.307 e. The number of carbonyl (C=O) groups is 3. The second kappa shape index (κ2) is 8.48. The van der Waals surface area contributed by atoms with Crippen molar-refractivity contribution >= 4 is 39.1 Å². The first-order chi connectivity index (χ1) is 10.9. The van der Waals surface area contributed by atoms with Crippen LogP contribution in [0.4, 0.5) is 0 Å². The number of Topliss-reactive ketones (excluding diaryl/α,β-unsaturated/α-hetero) is 2. The zero-order valence-electron chi connectivity index (χ0n) is 12.9. The molecular formula is C14H23N3O4S2. The molecule has 7 nitrogen and oxygen atoms in total. The predicted molar refractivity (Wildman–Crippen MR) is 91.0 cm³/mol. The van der Waals surface area contributed by atoms with Gasteiger partial charge in [-0.15, -0.1) is 0 Å². The number of hydrazine groups is 1. The van der Waals surface area contributed by atoms with Gasteiger partial charge in [-0.2, -0.15) is 0 Å². The Morgan fingerprint density at radius 1 is 1.26 bits per heavy atom. The quantitative estimate of drug-likeness (QED) is 0.490. The molecule has 9 heteroatoms. The zero-order valence-corrected chi connectivity index (χ0v) is 14.5. The molecule has 3 atom stereocenters. The monoisotopic (exact) mass is 361 g/mol. The highest BCUT2D eigenvalue weighted by Gasteiger charge is 2.42. The Bertz CT molecular complexity index is 469. The van der Waals surface area contributed by atoms with Crippen molar-refractivity contribution in [3.05, 3.63) is 0 Å². The number of carboxylic acids is 1. The van der Waals surface area contributed by atoms with E-state index in [1.165, 1.54) is 21.6 Å². The molecule has 1 unspecified atom stereocenters. The van der Waals surface area contributed by atoms with Crippen molar-refractivity contribution in [2.45, 2.75) is 43.7 Å². The second-order valence-corrected chi connectivity index (χ2v) is 8.59. The Morgan fingerprint density at radius 3 is 2.65 bits per heavy atom. The normalized spacial score (nSPS) is 34.7. The van der Waals surface area contributed by atoms with Gasteiger partial charge < -0.3 is 10.8 Å². The number of hydrogen-bond acceptors (Lipinski definition) is 8. The highest BCUT2D eigenvalue weighted by molar-refractivity contribution is 8.76. The van der Waals surface area contributed by atoms with Crippen molar-refractivity contribution < 1.29 is 19.5 Å². The Hall–Kier alpha value is -0.610. The fourth-order valence-electron chi connectivity index (χ4n) is 2.84. The maximum absolute atomic E-state index is 12.7. The average molecular weight is 361 g/mol. The number of ketones is 2. The van der Waals surface area contributed by atoms with Gasteiger partial charge in [0.25, 0.3) is 0 Å². The molecule has 0 aromatic heterocycles. The Kier molecular flexibility index (Phi) is 6.90. The lowest BCUT2D eigenvalue weighted by Crippen LogP contribution is -2.51. The van der Waals surface area contributed by atoms with Crippen molar-refractivity contribution in [1.29, 1.82) is 0 Å². The fourth-order valence-corrected chi connectivity index (χ4v) is 5.30. The molecule has 1 spiro atoms. The first kappa shape index (κ1) is 18.7. The molecule has 0 aromatic rings. The average Bonchev–Trinajstić information content (AvgIpc) is 2.98. The lowest BCUT2D eigenvalue weighted by atomic mass is 9.82. The van der Waals surface area contributed by atoms with Gasteiger partial charge >= 0.3 is 5.97 Å². The summed E-state index contributed by atoms with van der Waals surface area (Å²) < 4.78 is 0. The SMILES string of the molecule is N[C@H]1CSSC[C@@H](C(=O)O)CC(=O)C2(CCCC1=O)CCNN2. The number of rotatable bonds is 1. The molecule has 2 rings (SSSR count). The van der Waals surface area contributed by atoms with Gasteiger partial charge in [0.1, 0.15) is 5.78 Å². The first-order valence-electron chi connectivity index (χ1n) is 7.73. The van der Waals surface area contributed by atoms with E-state index in [0.717, 1.165) is 0 Å². The van der Waals surface area contributed by atoms with Crippen molar-refractivity contribution in [3.8, 4) is 0 Å². The van der Waals surface area contributed by atoms with E-state index in [2.05, 4.69) is 10.9 Å². The van der Waals surface area contributed by atoms with E-state index >= 15 is 0 Å². The van der Waals surface area contributed by atoms with Crippen LogP contribution in [-0.4, -0.2) is 52.3 Å². The third kappa shape index (κ3) is 4.93. The second-order valence-electron chi connectivity index (χ2n) is 6.04. The molecule has 2 saturated heterocycles. The minimum Gasteiger partial charge on any atom is -0.481 e. The van der Waals surface area contributed by atoms with Crippen molar-refractivity contribution in [3.63, 3.8) is 0 Å². The molecule has 2 heterocycles. The van der Waals surface area contributed by atoms with Crippen LogP contribution in [-0.2, 0) is 14.4 Å². The van der Waals surface area contributed by atoms with E-state index < -0.39 is 23.5 Å². The Labute approximate surface area is 143 Å². The molecule has 0 aromatic carbocycles. The minimum absolute atomic E-state index is 0.000636. The molecule has 0 saturated carbocycles. The summed E-state index contributed by atoms with van der Waals surface area (Å²) in [7, 11) is 2.77. The lowest BCUT2D eigenvalue weighted by Gasteiger charge is -2.28. The highest BCUT2D eigenvalue weighted by atomic mass is 33.1. The molecule has 0 radical (unpaired) electrons. The van der Waals surface area contributed by atoms with E-state index in [0.29, 0.717) is 43.7 Å². The van der Waals surface area contributed by atoms with E-state index in [4.69, 9.17) is 5.73 Å². The number of carbonyl (C=O) groups excluding carboxylic acids is 2. The number of aliphatic carboxylic acids is 1. The lowest BCUT2D eigenvalue weighted by molar-refractivity contribution is -0.143. The van der Waals surface area contributed by atoms with E-state index in [-0.39, 0.29) is 18.0 Å². The van der Waals surface area contributed by atoms with E-state index in [9.17, 15) is 19.5 Å². The van der Waals surface area contributed by atoms with E-state index in [1.807, 2.05) is 0 Å². The van der Waals surface area contributed by atoms with Crippen LogP contribution in [0.15, 0.2) is 0 Å². The fraction of sp³-hybridized carbons (Fsp3) is 0.786. The third-order valence-electron chi connectivity index (χ3n) is 4.36. The summed E-state index contributed by atoms with van der Waals surface area (Å²) >= 11 is 0. The topological polar surface area (TPSA) is 122 Å². The third-order valence-corrected chi connectivity index (χ3v) is 6.88. The molecule has 0 aliphatic carbocycles. The van der Waals surface area contributed by atoms with Crippen LogP contribution >= 0.6 is 21.6 Å². The van der Waals surface area contributed by atoms with Crippen LogP contribution in [0.25, 0.3) is 0 Å². The van der Waals surface area contributed by atoms with Gasteiger partial charge in [-0.3, -0.25) is 19.8 Å². The molecule has 23 heavy (non-hydrogen) atoms. The standard InChI is InChI=1S/C14H23N3O4S2/c15-10-8-23-22-7-9(13(20)21)6-12(19)14(4-5-16-17-14)3-1-2-11(10)18/h9-10,16-17H,1-8,15H2,(H,20,21)/t9-,10-,14?/m0/s1. The molecule has 5 N–H and O–H groups in total. The van der Waals surface area contributed by atoms with Gasteiger partial charge in [-0.05, 0) is 19.3 Å². The summed E-state index contributed by atoms with van der Waals surface area (Å²) in [6.07, 6.45) is 2.07. The van der Waals surface area contributed by atoms with Gasteiger partial charge in [0.05, 0.1) is 17.5 Å². The molecular weight excluding hydrogens is 338 g/mol. The van der Waals surface area contributed by atoms with Gasteiger partial charge in [-0.1, -0.05) is 21.6 Å². The number of hydrogen-bond donors (Lipinski definition) is 4. The maximum atomic E-state index is 12.7. The molecule has 130 valence electrons. The summed E-state index contributed by atoms with van der Waals surface area (Å²) in [6, 6.07) is -0.530. The van der Waals surface area contributed by atoms with Gasteiger partial charge in [0.15, 0.2) is 5.78 Å². The summed E-state index contributed by atoms with van der Waals surface area (Å²) in [4.78, 5) is 36.1. The molecule has 2 aliphatic rings. The zero-order chi connectivity index (χ0) is 16.9. The molecule has 0 amide bonds. The van der Waals surface area contributed by atoms with E-state index in [1.54, 1.807) is 0 Å². The van der Waals surface area contributed by atoms with Gasteiger partial charge in [0.2, 0.25) is 0 Å². The largest absolute Gasteiger partial charge is 0.481 e. The number of carboxylic acid groups (broad SMARTS) is 1. The molecule has 0 bridgehead atoms. The molecule has 2 fully saturated rings. The van der Waals surface area contributed by atoms with Crippen molar-refractivity contribution in [2.24, 2.45) is 11.7 Å². The summed E-state index contributed by atoms with van der Waals surface area (Å²) in [5.41, 5.74) is 11.1.